The number of carbonyl (C=O) groups is 1. The smallest absolute Gasteiger partial charge is 0.311 e. The summed E-state index contributed by atoms with van der Waals surface area (Å²) in [5, 5.41) is 9.22. The maximum atomic E-state index is 12.1. The number of para-hydroxylation sites is 1. The molecule has 0 bridgehead atoms. The second kappa shape index (κ2) is 6.00. The highest BCUT2D eigenvalue weighted by Crippen LogP contribution is 2.29. The van der Waals surface area contributed by atoms with E-state index in [0.29, 0.717) is 5.69 Å². The average molecular weight is 314 g/mol. The van der Waals surface area contributed by atoms with E-state index in [1.54, 1.807) is 30.1 Å². The van der Waals surface area contributed by atoms with Gasteiger partial charge in [0.15, 0.2) is 0 Å². The average Bonchev–Trinajstić information content (AvgIpc) is 2.96. The van der Waals surface area contributed by atoms with E-state index in [-0.39, 0.29) is 18.1 Å². The van der Waals surface area contributed by atoms with E-state index in [9.17, 15) is 18.3 Å². The van der Waals surface area contributed by atoms with Crippen LogP contribution in [0.1, 0.15) is 0 Å². The van der Waals surface area contributed by atoms with Crippen molar-refractivity contribution in [3.63, 3.8) is 0 Å². The molecule has 1 heterocycles. The van der Waals surface area contributed by atoms with Gasteiger partial charge in [0, 0.05) is 7.05 Å². The third-order valence-corrected chi connectivity index (χ3v) is 5.13. The Hall–Kier alpha value is -1.64. The van der Waals surface area contributed by atoms with Crippen LogP contribution in [0.4, 0.5) is 5.69 Å². The standard InChI is InChI=1S/C13H18N2O5S/c1-14-21(18,19)12-6-4-3-5-10(12)15(2)11-8-20-7-9(11)13(16)17/h3-6,9,11,14H,7-8H2,1-2H3,(H,16,17). The molecule has 0 radical (unpaired) electrons. The third kappa shape index (κ3) is 3.02. The number of ether oxygens (including phenoxy) is 1. The van der Waals surface area contributed by atoms with Crippen molar-refractivity contribution in [2.45, 2.75) is 10.9 Å². The van der Waals surface area contributed by atoms with Crippen molar-refractivity contribution in [2.75, 3.05) is 32.2 Å². The number of hydrogen-bond donors (Lipinski definition) is 2. The molecule has 21 heavy (non-hydrogen) atoms. The topological polar surface area (TPSA) is 95.9 Å². The molecule has 8 heteroatoms. The molecule has 116 valence electrons. The van der Waals surface area contributed by atoms with Gasteiger partial charge in [-0.3, -0.25) is 4.79 Å². The zero-order chi connectivity index (χ0) is 15.6. The maximum Gasteiger partial charge on any atom is 0.311 e. The van der Waals surface area contributed by atoms with E-state index >= 15 is 0 Å². The van der Waals surface area contributed by atoms with Gasteiger partial charge in [-0.1, -0.05) is 12.1 Å². The number of aliphatic carboxylic acids is 1. The zero-order valence-electron chi connectivity index (χ0n) is 11.8. The molecular formula is C13H18N2O5S. The van der Waals surface area contributed by atoms with Gasteiger partial charge in [0.1, 0.15) is 10.8 Å². The molecule has 7 nitrogen and oxygen atoms in total. The Bertz CT molecular complexity index is 631. The minimum absolute atomic E-state index is 0.117. The lowest BCUT2D eigenvalue weighted by Gasteiger charge is -2.29. The Morgan fingerprint density at radius 1 is 1.38 bits per heavy atom. The first-order valence-corrected chi connectivity index (χ1v) is 7.92. The van der Waals surface area contributed by atoms with Crippen LogP contribution in [0.3, 0.4) is 0 Å². The summed E-state index contributed by atoms with van der Waals surface area (Å²) in [7, 11) is -0.603. The van der Waals surface area contributed by atoms with Crippen LogP contribution in [-0.4, -0.2) is 52.8 Å². The van der Waals surface area contributed by atoms with Gasteiger partial charge in [-0.15, -0.1) is 0 Å². The lowest BCUT2D eigenvalue weighted by molar-refractivity contribution is -0.141. The number of carboxylic acid groups (broad SMARTS) is 1. The van der Waals surface area contributed by atoms with Gasteiger partial charge in [-0.2, -0.15) is 0 Å². The molecule has 0 aliphatic carbocycles. The number of anilines is 1. The van der Waals surface area contributed by atoms with E-state index in [2.05, 4.69) is 4.72 Å². The minimum Gasteiger partial charge on any atom is -0.481 e. The van der Waals surface area contributed by atoms with Gasteiger partial charge in [-0.05, 0) is 19.2 Å². The number of benzene rings is 1. The molecule has 0 spiro atoms. The monoisotopic (exact) mass is 314 g/mol. The van der Waals surface area contributed by atoms with Gasteiger partial charge in [0.2, 0.25) is 10.0 Å². The van der Waals surface area contributed by atoms with Crippen LogP contribution >= 0.6 is 0 Å². The molecule has 1 fully saturated rings. The molecule has 1 aliphatic rings. The molecule has 0 saturated carbocycles. The largest absolute Gasteiger partial charge is 0.481 e. The van der Waals surface area contributed by atoms with Crippen LogP contribution in [0, 0.1) is 5.92 Å². The lowest BCUT2D eigenvalue weighted by Crippen LogP contribution is -2.41. The molecule has 2 N–H and O–H groups in total. The van der Waals surface area contributed by atoms with Crippen molar-refractivity contribution < 1.29 is 23.1 Å². The van der Waals surface area contributed by atoms with Crippen LogP contribution < -0.4 is 9.62 Å². The fourth-order valence-corrected chi connectivity index (χ4v) is 3.39. The molecular weight excluding hydrogens is 296 g/mol. The van der Waals surface area contributed by atoms with E-state index in [4.69, 9.17) is 4.74 Å². The van der Waals surface area contributed by atoms with Crippen LogP contribution in [0.5, 0.6) is 0 Å². The summed E-state index contributed by atoms with van der Waals surface area (Å²) in [4.78, 5) is 13.0. The SMILES string of the molecule is CNS(=O)(=O)c1ccccc1N(C)C1COCC1C(=O)O. The Morgan fingerprint density at radius 2 is 2.05 bits per heavy atom. The number of carboxylic acids is 1. The first-order valence-electron chi connectivity index (χ1n) is 6.44. The number of likely N-dealkylation sites (N-methyl/N-ethyl adjacent to an activating group) is 1. The van der Waals surface area contributed by atoms with Crippen LogP contribution in [0.2, 0.25) is 0 Å². The molecule has 0 amide bonds. The highest BCUT2D eigenvalue weighted by molar-refractivity contribution is 7.89. The summed E-state index contributed by atoms with van der Waals surface area (Å²) in [6.07, 6.45) is 0. The molecule has 1 saturated heterocycles. The minimum atomic E-state index is -3.62. The molecule has 2 atom stereocenters. The summed E-state index contributed by atoms with van der Waals surface area (Å²) in [5.74, 6) is -1.63. The van der Waals surface area contributed by atoms with Gasteiger partial charge < -0.3 is 14.7 Å². The lowest BCUT2D eigenvalue weighted by atomic mass is 10.0. The van der Waals surface area contributed by atoms with Crippen molar-refractivity contribution >= 4 is 21.7 Å². The quantitative estimate of drug-likeness (QED) is 0.802. The highest BCUT2D eigenvalue weighted by atomic mass is 32.2. The molecule has 2 rings (SSSR count). The predicted molar refractivity (Wildman–Crippen MR) is 76.8 cm³/mol. The summed E-state index contributed by atoms with van der Waals surface area (Å²) >= 11 is 0. The molecule has 0 aromatic heterocycles. The van der Waals surface area contributed by atoms with Gasteiger partial charge >= 0.3 is 5.97 Å². The Morgan fingerprint density at radius 3 is 2.67 bits per heavy atom. The van der Waals surface area contributed by atoms with Gasteiger partial charge in [-0.25, -0.2) is 13.1 Å². The first-order chi connectivity index (χ1) is 9.88. The fraction of sp³-hybridized carbons (Fsp3) is 0.462. The number of sulfonamides is 1. The predicted octanol–water partition coefficient (Wildman–Crippen LogP) is 0.131. The van der Waals surface area contributed by atoms with Crippen molar-refractivity contribution in [1.82, 2.24) is 4.72 Å². The summed E-state index contributed by atoms with van der Waals surface area (Å²) in [6.45, 7) is 0.382. The third-order valence-electron chi connectivity index (χ3n) is 3.67. The Balaban J connectivity index is 2.40. The molecule has 1 aliphatic heterocycles. The number of rotatable bonds is 5. The van der Waals surface area contributed by atoms with E-state index in [1.807, 2.05) is 0 Å². The molecule has 2 unspecified atom stereocenters. The first kappa shape index (κ1) is 15.7. The summed E-state index contributed by atoms with van der Waals surface area (Å²) in [6, 6.07) is 6.08. The van der Waals surface area contributed by atoms with Crippen LogP contribution in [-0.2, 0) is 19.6 Å². The highest BCUT2D eigenvalue weighted by Gasteiger charge is 2.38. The molecule has 1 aromatic carbocycles. The second-order valence-electron chi connectivity index (χ2n) is 4.84. The van der Waals surface area contributed by atoms with E-state index in [0.717, 1.165) is 0 Å². The Kier molecular flexibility index (Phi) is 4.50. The number of nitrogens with zero attached hydrogens (tertiary/aromatic N) is 1. The Labute approximate surface area is 123 Å². The van der Waals surface area contributed by atoms with E-state index in [1.165, 1.54) is 13.1 Å². The van der Waals surface area contributed by atoms with Crippen molar-refractivity contribution in [1.29, 1.82) is 0 Å². The van der Waals surface area contributed by atoms with Crippen LogP contribution in [0.15, 0.2) is 29.2 Å². The van der Waals surface area contributed by atoms with Crippen LogP contribution in [0.25, 0.3) is 0 Å². The number of hydrogen-bond acceptors (Lipinski definition) is 5. The second-order valence-corrected chi connectivity index (χ2v) is 6.69. The van der Waals surface area contributed by atoms with Crippen molar-refractivity contribution in [3.8, 4) is 0 Å². The maximum absolute atomic E-state index is 12.1. The van der Waals surface area contributed by atoms with Crippen molar-refractivity contribution in [2.24, 2.45) is 5.92 Å². The zero-order valence-corrected chi connectivity index (χ0v) is 12.6. The number of nitrogens with one attached hydrogen (secondary N) is 1. The summed E-state index contributed by atoms with van der Waals surface area (Å²) < 4.78 is 31.7. The van der Waals surface area contributed by atoms with Gasteiger partial charge in [0.05, 0.1) is 24.9 Å². The fourth-order valence-electron chi connectivity index (χ4n) is 2.42. The molecule has 1 aromatic rings. The normalized spacial score (nSPS) is 22.2. The van der Waals surface area contributed by atoms with Crippen molar-refractivity contribution in [3.05, 3.63) is 24.3 Å². The van der Waals surface area contributed by atoms with Gasteiger partial charge in [0.25, 0.3) is 0 Å². The summed E-state index contributed by atoms with van der Waals surface area (Å²) in [5.41, 5.74) is 0.452. The van der Waals surface area contributed by atoms with E-state index < -0.39 is 28.0 Å².